The monoisotopic (exact) mass is 248 g/mol. The molecule has 1 aromatic carbocycles. The molecule has 1 rings (SSSR count). The van der Waals surface area contributed by atoms with Gasteiger partial charge in [0.05, 0.1) is 7.11 Å². The maximum atomic E-state index is 11.9. The third-order valence-electron chi connectivity index (χ3n) is 2.06. The van der Waals surface area contributed by atoms with E-state index in [9.17, 15) is 18.0 Å². The number of hydrogen-bond acceptors (Lipinski definition) is 3. The molecule has 0 aromatic heterocycles. The van der Waals surface area contributed by atoms with E-state index in [1.807, 2.05) is 0 Å². The number of hydrogen-bond donors (Lipinski definition) is 0. The van der Waals surface area contributed by atoms with E-state index in [0.717, 1.165) is 0 Å². The van der Waals surface area contributed by atoms with Crippen LogP contribution in [0.5, 0.6) is 5.75 Å². The number of carbonyl (C=O) groups is 1. The van der Waals surface area contributed by atoms with Crippen LogP contribution in [0.3, 0.4) is 0 Å². The van der Waals surface area contributed by atoms with Gasteiger partial charge >= 0.3 is 6.18 Å². The van der Waals surface area contributed by atoms with Crippen LogP contribution >= 0.6 is 0 Å². The molecule has 17 heavy (non-hydrogen) atoms. The summed E-state index contributed by atoms with van der Waals surface area (Å²) in [5.74, 6) is -1.27. The van der Waals surface area contributed by atoms with Crippen molar-refractivity contribution in [2.45, 2.75) is 19.0 Å². The minimum Gasteiger partial charge on any atom is -0.338 e. The highest BCUT2D eigenvalue weighted by molar-refractivity contribution is 5.84. The van der Waals surface area contributed by atoms with Gasteiger partial charge in [0.1, 0.15) is 0 Å². The third kappa shape index (κ3) is 4.44. The van der Waals surface area contributed by atoms with Gasteiger partial charge in [-0.2, -0.15) is 18.1 Å². The Labute approximate surface area is 96.1 Å². The quantitative estimate of drug-likeness (QED) is 0.593. The van der Waals surface area contributed by atoms with E-state index in [1.165, 1.54) is 7.11 Å². The highest BCUT2D eigenvalue weighted by Gasteiger charge is 2.37. The first-order valence-corrected chi connectivity index (χ1v) is 4.83. The molecule has 0 spiro atoms. The zero-order valence-electron chi connectivity index (χ0n) is 9.08. The zero-order chi connectivity index (χ0) is 12.9. The van der Waals surface area contributed by atoms with Crippen molar-refractivity contribution in [3.05, 3.63) is 29.8 Å². The second kappa shape index (κ2) is 5.67. The number of rotatable bonds is 5. The van der Waals surface area contributed by atoms with Gasteiger partial charge in [-0.25, -0.2) is 0 Å². The Morgan fingerprint density at radius 2 is 1.82 bits per heavy atom. The van der Waals surface area contributed by atoms with Crippen LogP contribution in [-0.2, 0) is 16.1 Å². The van der Waals surface area contributed by atoms with E-state index >= 15 is 0 Å². The predicted octanol–water partition coefficient (Wildman–Crippen LogP) is 2.69. The molecule has 0 unspecified atom stereocenters. The third-order valence-corrected chi connectivity index (χ3v) is 2.06. The second-order valence-electron chi connectivity index (χ2n) is 3.31. The predicted molar refractivity (Wildman–Crippen MR) is 53.5 cm³/mol. The number of alkyl halides is 3. The first kappa shape index (κ1) is 13.5. The molecule has 1 aromatic rings. The van der Waals surface area contributed by atoms with Crippen molar-refractivity contribution < 1.29 is 27.7 Å². The van der Waals surface area contributed by atoms with Crippen molar-refractivity contribution in [2.75, 3.05) is 7.11 Å². The summed E-state index contributed by atoms with van der Waals surface area (Å²) in [5, 5.41) is 0. The lowest BCUT2D eigenvalue weighted by molar-refractivity contribution is -0.178. The number of ketones is 1. The van der Waals surface area contributed by atoms with Crippen molar-refractivity contribution in [2.24, 2.45) is 0 Å². The highest BCUT2D eigenvalue weighted by atomic mass is 19.4. The molecule has 0 heterocycles. The molecular weight excluding hydrogens is 237 g/mol. The number of carbonyl (C=O) groups excluding carboxylic acids is 1. The molecule has 0 saturated heterocycles. The van der Waals surface area contributed by atoms with Gasteiger partial charge in [0.15, 0.2) is 5.75 Å². The van der Waals surface area contributed by atoms with Gasteiger partial charge in [-0.05, 0) is 24.1 Å². The molecule has 0 aliphatic rings. The van der Waals surface area contributed by atoms with Crippen LogP contribution in [0, 0.1) is 0 Å². The van der Waals surface area contributed by atoms with Gasteiger partial charge in [0.2, 0.25) is 5.78 Å². The van der Waals surface area contributed by atoms with Crippen molar-refractivity contribution in [1.29, 1.82) is 0 Å². The SMILES string of the molecule is COOc1ccc(CCC(=O)C(F)(F)F)cc1. The van der Waals surface area contributed by atoms with Gasteiger partial charge in [-0.15, -0.1) is 0 Å². The van der Waals surface area contributed by atoms with E-state index < -0.39 is 18.4 Å². The van der Waals surface area contributed by atoms with Crippen LogP contribution in [-0.4, -0.2) is 19.1 Å². The fraction of sp³-hybridized carbons (Fsp3) is 0.364. The van der Waals surface area contributed by atoms with Crippen LogP contribution < -0.4 is 4.89 Å². The van der Waals surface area contributed by atoms with Gasteiger partial charge in [0.25, 0.3) is 0 Å². The van der Waals surface area contributed by atoms with Gasteiger partial charge < -0.3 is 4.89 Å². The summed E-state index contributed by atoms with van der Waals surface area (Å²) >= 11 is 0. The largest absolute Gasteiger partial charge is 0.449 e. The molecule has 0 bridgehead atoms. The van der Waals surface area contributed by atoms with Gasteiger partial charge in [-0.1, -0.05) is 12.1 Å². The van der Waals surface area contributed by atoms with Crippen molar-refractivity contribution in [3.8, 4) is 5.75 Å². The molecule has 0 atom stereocenters. The van der Waals surface area contributed by atoms with Gasteiger partial charge in [0, 0.05) is 6.42 Å². The van der Waals surface area contributed by atoms with Crippen LogP contribution in [0.4, 0.5) is 13.2 Å². The number of halogens is 3. The Kier molecular flexibility index (Phi) is 4.51. The lowest BCUT2D eigenvalue weighted by atomic mass is 10.1. The smallest absolute Gasteiger partial charge is 0.338 e. The molecule has 0 aliphatic carbocycles. The molecule has 0 aliphatic heterocycles. The maximum Gasteiger partial charge on any atom is 0.449 e. The fourth-order valence-corrected chi connectivity index (χ4v) is 1.21. The molecule has 94 valence electrons. The Morgan fingerprint density at radius 3 is 2.29 bits per heavy atom. The fourth-order valence-electron chi connectivity index (χ4n) is 1.21. The standard InChI is InChI=1S/C11H11F3O3/c1-16-17-9-5-2-8(3-6-9)4-7-10(15)11(12,13)14/h2-3,5-6H,4,7H2,1H3. The lowest BCUT2D eigenvalue weighted by Gasteiger charge is -2.05. The van der Waals surface area contributed by atoms with E-state index in [0.29, 0.717) is 11.3 Å². The molecule has 0 radical (unpaired) electrons. The van der Waals surface area contributed by atoms with Crippen molar-refractivity contribution in [1.82, 2.24) is 0 Å². The van der Waals surface area contributed by atoms with Crippen LogP contribution in [0.1, 0.15) is 12.0 Å². The van der Waals surface area contributed by atoms with Crippen molar-refractivity contribution in [3.63, 3.8) is 0 Å². The first-order valence-electron chi connectivity index (χ1n) is 4.83. The summed E-state index contributed by atoms with van der Waals surface area (Å²) in [6, 6.07) is 6.27. The summed E-state index contributed by atoms with van der Waals surface area (Å²) in [6.45, 7) is 0. The molecule has 0 saturated carbocycles. The van der Waals surface area contributed by atoms with Gasteiger partial charge in [-0.3, -0.25) is 4.79 Å². The maximum absolute atomic E-state index is 11.9. The van der Waals surface area contributed by atoms with E-state index in [4.69, 9.17) is 4.89 Å². The topological polar surface area (TPSA) is 35.5 Å². The first-order chi connectivity index (χ1) is 7.93. The summed E-state index contributed by atoms with van der Waals surface area (Å²) in [7, 11) is 1.34. The van der Waals surface area contributed by atoms with E-state index in [2.05, 4.69) is 4.89 Å². The second-order valence-corrected chi connectivity index (χ2v) is 3.31. The Hall–Kier alpha value is -1.56. The highest BCUT2D eigenvalue weighted by Crippen LogP contribution is 2.20. The minimum atomic E-state index is -4.75. The number of aryl methyl sites for hydroxylation is 1. The van der Waals surface area contributed by atoms with Crippen molar-refractivity contribution >= 4 is 5.78 Å². The van der Waals surface area contributed by atoms with E-state index in [-0.39, 0.29) is 6.42 Å². The molecule has 3 nitrogen and oxygen atoms in total. The number of benzene rings is 1. The van der Waals surface area contributed by atoms with E-state index in [1.54, 1.807) is 24.3 Å². The molecule has 0 fully saturated rings. The van der Waals surface area contributed by atoms with Crippen LogP contribution in [0.2, 0.25) is 0 Å². The summed E-state index contributed by atoms with van der Waals surface area (Å²) in [6.07, 6.45) is -5.25. The zero-order valence-corrected chi connectivity index (χ0v) is 9.08. The Balaban J connectivity index is 2.50. The summed E-state index contributed by atoms with van der Waals surface area (Å²) in [5.41, 5.74) is 0.631. The Morgan fingerprint density at radius 1 is 1.24 bits per heavy atom. The number of Topliss-reactive ketones (excluding diaryl/α,β-unsaturated/α-hetero) is 1. The normalized spacial score (nSPS) is 11.3. The summed E-state index contributed by atoms with van der Waals surface area (Å²) < 4.78 is 35.8. The summed E-state index contributed by atoms with van der Waals surface area (Å²) in [4.78, 5) is 19.7. The minimum absolute atomic E-state index is 0.0472. The molecule has 0 amide bonds. The molecular formula is C11H11F3O3. The average molecular weight is 248 g/mol. The molecule has 0 N–H and O–H groups in total. The van der Waals surface area contributed by atoms with Crippen LogP contribution in [0.15, 0.2) is 24.3 Å². The average Bonchev–Trinajstić information content (AvgIpc) is 2.27. The van der Waals surface area contributed by atoms with Crippen LogP contribution in [0.25, 0.3) is 0 Å². The Bertz CT molecular complexity index is 371. The molecule has 6 heteroatoms. The lowest BCUT2D eigenvalue weighted by Crippen LogP contribution is -2.22.